The lowest BCUT2D eigenvalue weighted by molar-refractivity contribution is 0.188. The minimum Gasteiger partial charge on any atom is -0.329 e. The average Bonchev–Trinajstić information content (AvgIpc) is 2.96. The Morgan fingerprint density at radius 1 is 1.33 bits per heavy atom. The molecule has 0 fully saturated rings. The maximum Gasteiger partial charge on any atom is 0.126 e. The second-order valence-corrected chi connectivity index (χ2v) is 6.59. The summed E-state index contributed by atoms with van der Waals surface area (Å²) >= 11 is 1.78. The summed E-state index contributed by atoms with van der Waals surface area (Å²) in [6, 6.07) is 10.0. The monoisotopic (exact) mass is 306 g/mol. The van der Waals surface area contributed by atoms with Gasteiger partial charge in [0.05, 0.1) is 0 Å². The molecule has 1 aromatic heterocycles. The molecule has 0 radical (unpaired) electrons. The van der Waals surface area contributed by atoms with E-state index in [2.05, 4.69) is 36.4 Å². The van der Waals surface area contributed by atoms with E-state index in [0.29, 0.717) is 18.2 Å². The molecular weight excluding hydrogens is 283 g/mol. The van der Waals surface area contributed by atoms with Gasteiger partial charge in [-0.3, -0.25) is 4.90 Å². The van der Waals surface area contributed by atoms with Crippen molar-refractivity contribution in [3.63, 3.8) is 0 Å². The molecule has 21 heavy (non-hydrogen) atoms. The Balaban J connectivity index is 2.13. The summed E-state index contributed by atoms with van der Waals surface area (Å²) in [4.78, 5) is 3.66. The summed E-state index contributed by atoms with van der Waals surface area (Å²) in [6.45, 7) is 4.52. The molecule has 4 heteroatoms. The molecule has 2 atom stereocenters. The minimum atomic E-state index is -0.163. The molecule has 0 amide bonds. The van der Waals surface area contributed by atoms with Crippen LogP contribution < -0.4 is 5.73 Å². The van der Waals surface area contributed by atoms with Crippen LogP contribution in [0.3, 0.4) is 0 Å². The highest BCUT2D eigenvalue weighted by Crippen LogP contribution is 2.24. The number of hydrogen-bond donors (Lipinski definition) is 1. The van der Waals surface area contributed by atoms with E-state index in [1.165, 1.54) is 10.9 Å². The van der Waals surface area contributed by atoms with E-state index >= 15 is 0 Å². The smallest absolute Gasteiger partial charge is 0.126 e. The lowest BCUT2D eigenvalue weighted by Crippen LogP contribution is -2.38. The van der Waals surface area contributed by atoms with Crippen LogP contribution in [-0.2, 0) is 6.42 Å². The maximum atomic E-state index is 13.4. The van der Waals surface area contributed by atoms with E-state index in [1.54, 1.807) is 18.3 Å². The second kappa shape index (κ2) is 7.16. The van der Waals surface area contributed by atoms with Crippen molar-refractivity contribution in [1.82, 2.24) is 4.90 Å². The SMILES string of the molecule is Cc1cc(C(CN)N(C)C(C)Cc2cccs2)ccc1F. The number of aryl methyl sites for hydroxylation is 1. The number of likely N-dealkylation sites (N-methyl/N-ethyl adjacent to an activating group) is 1. The largest absolute Gasteiger partial charge is 0.329 e. The molecule has 0 bridgehead atoms. The number of benzene rings is 1. The summed E-state index contributed by atoms with van der Waals surface area (Å²) in [5.74, 6) is -0.163. The third kappa shape index (κ3) is 3.90. The number of nitrogens with two attached hydrogens (primary N) is 1. The van der Waals surface area contributed by atoms with Gasteiger partial charge >= 0.3 is 0 Å². The summed E-state index contributed by atoms with van der Waals surface area (Å²) in [6.07, 6.45) is 1.00. The third-order valence-electron chi connectivity index (χ3n) is 4.05. The molecule has 0 aliphatic rings. The number of hydrogen-bond acceptors (Lipinski definition) is 3. The first kappa shape index (κ1) is 16.1. The maximum absolute atomic E-state index is 13.4. The minimum absolute atomic E-state index is 0.110. The molecule has 1 heterocycles. The first-order valence-corrected chi connectivity index (χ1v) is 8.11. The van der Waals surface area contributed by atoms with Gasteiger partial charge in [0.1, 0.15) is 5.82 Å². The predicted molar refractivity (Wildman–Crippen MR) is 88.2 cm³/mol. The van der Waals surface area contributed by atoms with Crippen LogP contribution in [0.1, 0.15) is 29.0 Å². The van der Waals surface area contributed by atoms with Crippen LogP contribution >= 0.6 is 11.3 Å². The van der Waals surface area contributed by atoms with E-state index in [9.17, 15) is 4.39 Å². The summed E-state index contributed by atoms with van der Waals surface area (Å²) in [5.41, 5.74) is 7.72. The van der Waals surface area contributed by atoms with Gasteiger partial charge in [0.15, 0.2) is 0 Å². The van der Waals surface area contributed by atoms with Gasteiger partial charge in [-0.25, -0.2) is 4.39 Å². The summed E-state index contributed by atoms with van der Waals surface area (Å²) in [5, 5.41) is 2.10. The van der Waals surface area contributed by atoms with Gasteiger partial charge in [0.25, 0.3) is 0 Å². The molecular formula is C17H23FN2S. The lowest BCUT2D eigenvalue weighted by Gasteiger charge is -2.33. The fourth-order valence-electron chi connectivity index (χ4n) is 2.58. The van der Waals surface area contributed by atoms with Gasteiger partial charge in [0.2, 0.25) is 0 Å². The molecule has 0 aliphatic carbocycles. The van der Waals surface area contributed by atoms with Crippen molar-refractivity contribution in [1.29, 1.82) is 0 Å². The average molecular weight is 306 g/mol. The predicted octanol–water partition coefficient (Wildman–Crippen LogP) is 3.76. The van der Waals surface area contributed by atoms with Crippen LogP contribution in [0.5, 0.6) is 0 Å². The molecule has 114 valence electrons. The molecule has 0 saturated carbocycles. The van der Waals surface area contributed by atoms with Crippen LogP contribution in [0.15, 0.2) is 35.7 Å². The van der Waals surface area contributed by atoms with Crippen molar-refractivity contribution < 1.29 is 4.39 Å². The van der Waals surface area contributed by atoms with Gasteiger partial charge in [-0.05, 0) is 56.0 Å². The van der Waals surface area contributed by atoms with Gasteiger partial charge in [-0.1, -0.05) is 18.2 Å². The Bertz CT molecular complexity index is 568. The Hall–Kier alpha value is -1.23. The van der Waals surface area contributed by atoms with Crippen molar-refractivity contribution in [3.8, 4) is 0 Å². The summed E-state index contributed by atoms with van der Waals surface area (Å²) < 4.78 is 13.4. The standard InChI is InChI=1S/C17H23FN2S/c1-12-9-14(6-7-16(12)18)17(11-19)20(3)13(2)10-15-5-4-8-21-15/h4-9,13,17H,10-11,19H2,1-3H3. The van der Waals surface area contributed by atoms with Crippen molar-refractivity contribution in [2.24, 2.45) is 5.73 Å². The number of halogens is 1. The fraction of sp³-hybridized carbons (Fsp3) is 0.412. The highest BCUT2D eigenvalue weighted by molar-refractivity contribution is 7.09. The topological polar surface area (TPSA) is 29.3 Å². The molecule has 0 spiro atoms. The quantitative estimate of drug-likeness (QED) is 0.880. The summed E-state index contributed by atoms with van der Waals surface area (Å²) in [7, 11) is 2.09. The van der Waals surface area contributed by atoms with Gasteiger partial charge in [0, 0.05) is 23.5 Å². The third-order valence-corrected chi connectivity index (χ3v) is 4.95. The first-order valence-electron chi connectivity index (χ1n) is 7.23. The van der Waals surface area contributed by atoms with Crippen LogP contribution in [0, 0.1) is 12.7 Å². The van der Waals surface area contributed by atoms with Crippen LogP contribution in [0.2, 0.25) is 0 Å². The van der Waals surface area contributed by atoms with Crippen molar-refractivity contribution >= 4 is 11.3 Å². The molecule has 0 aliphatic heterocycles. The Morgan fingerprint density at radius 2 is 2.10 bits per heavy atom. The highest BCUT2D eigenvalue weighted by Gasteiger charge is 2.21. The lowest BCUT2D eigenvalue weighted by atomic mass is 10.0. The molecule has 0 saturated heterocycles. The Labute approximate surface area is 130 Å². The number of nitrogens with zero attached hydrogens (tertiary/aromatic N) is 1. The Morgan fingerprint density at radius 3 is 2.67 bits per heavy atom. The van der Waals surface area contributed by atoms with Crippen LogP contribution in [0.25, 0.3) is 0 Å². The van der Waals surface area contributed by atoms with Gasteiger partial charge in [-0.2, -0.15) is 0 Å². The fourth-order valence-corrected chi connectivity index (χ4v) is 3.41. The zero-order chi connectivity index (χ0) is 15.4. The molecule has 2 aromatic rings. The molecule has 2 rings (SSSR count). The van der Waals surface area contributed by atoms with E-state index < -0.39 is 0 Å². The number of thiophene rings is 1. The molecule has 2 unspecified atom stereocenters. The molecule has 2 nitrogen and oxygen atoms in total. The van der Waals surface area contributed by atoms with Crippen molar-refractivity contribution in [3.05, 3.63) is 57.5 Å². The zero-order valence-electron chi connectivity index (χ0n) is 12.8. The molecule has 2 N–H and O–H groups in total. The zero-order valence-corrected chi connectivity index (χ0v) is 13.7. The van der Waals surface area contributed by atoms with Crippen molar-refractivity contribution in [2.45, 2.75) is 32.4 Å². The van der Waals surface area contributed by atoms with E-state index in [4.69, 9.17) is 5.73 Å². The van der Waals surface area contributed by atoms with E-state index in [1.807, 2.05) is 12.1 Å². The van der Waals surface area contributed by atoms with Crippen LogP contribution in [0.4, 0.5) is 4.39 Å². The normalized spacial score (nSPS) is 14.4. The Kier molecular flexibility index (Phi) is 5.51. The van der Waals surface area contributed by atoms with Crippen LogP contribution in [-0.4, -0.2) is 24.5 Å². The van der Waals surface area contributed by atoms with Gasteiger partial charge in [-0.15, -0.1) is 11.3 Å². The van der Waals surface area contributed by atoms with E-state index in [-0.39, 0.29) is 11.9 Å². The van der Waals surface area contributed by atoms with Gasteiger partial charge < -0.3 is 5.73 Å². The van der Waals surface area contributed by atoms with Crippen molar-refractivity contribution in [2.75, 3.05) is 13.6 Å². The highest BCUT2D eigenvalue weighted by atomic mass is 32.1. The second-order valence-electron chi connectivity index (χ2n) is 5.56. The van der Waals surface area contributed by atoms with E-state index in [0.717, 1.165) is 12.0 Å². The molecule has 1 aromatic carbocycles. The number of rotatable bonds is 6. The first-order chi connectivity index (χ1) is 10.0.